The van der Waals surface area contributed by atoms with E-state index < -0.39 is 17.1 Å². The van der Waals surface area contributed by atoms with Crippen LogP contribution in [-0.2, 0) is 0 Å². The Hall–Kier alpha value is -0.580. The summed E-state index contributed by atoms with van der Waals surface area (Å²) in [5.41, 5.74) is -3.13. The smallest absolute Gasteiger partial charge is 0.275 e. The van der Waals surface area contributed by atoms with Gasteiger partial charge in [-0.05, 0) is 10.3 Å². The molecular weight excluding hydrogens is 384 g/mol. The molecule has 0 radical (unpaired) electrons. The fourth-order valence-electron chi connectivity index (χ4n) is 0.668. The molecular formula is C6HCl4N3O4S2. The van der Waals surface area contributed by atoms with Crippen molar-refractivity contribution < 1.29 is 0 Å². The summed E-state index contributed by atoms with van der Waals surface area (Å²) in [5.74, 6) is 0. The molecule has 13 heteroatoms. The van der Waals surface area contributed by atoms with Crippen LogP contribution < -0.4 is 21.8 Å². The molecule has 0 aliphatic carbocycles. The number of H-pyrrole nitrogens is 1. The summed E-state index contributed by atoms with van der Waals surface area (Å²) >= 11 is 20.9. The lowest BCUT2D eigenvalue weighted by atomic mass is 10.8. The lowest BCUT2D eigenvalue weighted by Gasteiger charge is -1.91. The number of nitrogens with zero attached hydrogens (tertiary/aromatic N) is 2. The second kappa shape index (κ2) is 6.73. The first-order chi connectivity index (χ1) is 8.75. The third kappa shape index (κ3) is 3.94. The van der Waals surface area contributed by atoms with Gasteiger partial charge in [0.25, 0.3) is 4.74 Å². The Kier molecular flexibility index (Phi) is 5.83. The van der Waals surface area contributed by atoms with E-state index in [1.165, 1.54) is 10.3 Å². The first-order valence-electron chi connectivity index (χ1n) is 4.00. The number of aromatic nitrogens is 3. The third-order valence-electron chi connectivity index (χ3n) is 1.45. The van der Waals surface area contributed by atoms with Crippen LogP contribution in [-0.4, -0.2) is 13.2 Å². The Morgan fingerprint density at radius 1 is 0.895 bits per heavy atom. The highest BCUT2D eigenvalue weighted by Gasteiger charge is 2.04. The van der Waals surface area contributed by atoms with Crippen molar-refractivity contribution in [2.24, 2.45) is 0 Å². The highest BCUT2D eigenvalue weighted by Crippen LogP contribution is 2.25. The molecule has 2 aromatic heterocycles. The molecule has 0 bridgehead atoms. The number of aromatic amines is 1. The van der Waals surface area contributed by atoms with Crippen molar-refractivity contribution >= 4 is 67.4 Å². The molecule has 0 saturated carbocycles. The summed E-state index contributed by atoms with van der Waals surface area (Å²) in [6.07, 6.45) is 0. The highest BCUT2D eigenvalue weighted by molar-refractivity contribution is 7.69. The molecule has 2 rings (SSSR count). The number of rotatable bonds is 0. The molecule has 0 amide bonds. The first-order valence-corrected chi connectivity index (χ1v) is 7.58. The van der Waals surface area contributed by atoms with Crippen molar-refractivity contribution in [3.05, 3.63) is 50.3 Å². The molecule has 2 heterocycles. The molecule has 0 aliphatic rings. The standard InChI is InChI=1S/C3HCl2N3O3.C3Cl2OS2/c4-7-1(9)6-2(10)8(5)3(7)11;4-1-2(5)7-8-3(1)6/h(H,6,9,10);. The average molecular weight is 385 g/mol. The Morgan fingerprint density at radius 3 is 1.63 bits per heavy atom. The van der Waals surface area contributed by atoms with Crippen molar-refractivity contribution in [3.8, 4) is 0 Å². The van der Waals surface area contributed by atoms with Gasteiger partial charge in [0.05, 0.1) is 0 Å². The lowest BCUT2D eigenvalue weighted by molar-refractivity contribution is 0.804. The van der Waals surface area contributed by atoms with Gasteiger partial charge in [-0.25, -0.2) is 14.4 Å². The maximum atomic E-state index is 10.7. The Labute approximate surface area is 130 Å². The molecule has 19 heavy (non-hydrogen) atoms. The third-order valence-corrected chi connectivity index (χ3v) is 5.41. The minimum absolute atomic E-state index is 0.151. The zero-order valence-corrected chi connectivity index (χ0v) is 13.0. The van der Waals surface area contributed by atoms with E-state index in [4.69, 9.17) is 46.8 Å². The fraction of sp³-hybridized carbons (Fsp3) is 0. The maximum absolute atomic E-state index is 10.7. The van der Waals surface area contributed by atoms with E-state index in [2.05, 4.69) is 0 Å². The van der Waals surface area contributed by atoms with Gasteiger partial charge in [0, 0.05) is 23.6 Å². The van der Waals surface area contributed by atoms with Gasteiger partial charge in [0.2, 0.25) is 0 Å². The molecule has 0 aliphatic heterocycles. The largest absolute Gasteiger partial charge is 0.366 e. The van der Waals surface area contributed by atoms with Gasteiger partial charge in [0.15, 0.2) is 0 Å². The van der Waals surface area contributed by atoms with Crippen molar-refractivity contribution in [1.82, 2.24) is 13.2 Å². The minimum atomic E-state index is -1.10. The number of nitrogens with one attached hydrogen (secondary N) is 1. The fourth-order valence-corrected chi connectivity index (χ4v) is 3.38. The molecule has 0 fully saturated rings. The Balaban J connectivity index is 0.000000200. The lowest BCUT2D eigenvalue weighted by Crippen LogP contribution is -2.43. The summed E-state index contributed by atoms with van der Waals surface area (Å²) in [4.78, 5) is 43.8. The van der Waals surface area contributed by atoms with Crippen molar-refractivity contribution in [2.75, 3.05) is 0 Å². The molecule has 0 aromatic carbocycles. The average Bonchev–Trinajstić information content (AvgIpc) is 2.66. The molecule has 2 aromatic rings. The van der Waals surface area contributed by atoms with Gasteiger partial charge >= 0.3 is 17.1 Å². The van der Waals surface area contributed by atoms with Crippen LogP contribution in [0.4, 0.5) is 0 Å². The SMILES string of the molecule is O=c1[nH]c(=O)n(Cl)c(=O)n1Cl.O=c1ssc(Cl)c1Cl. The molecule has 0 spiro atoms. The quantitative estimate of drug-likeness (QED) is 0.690. The van der Waals surface area contributed by atoms with E-state index in [-0.39, 0.29) is 17.9 Å². The Morgan fingerprint density at radius 2 is 1.37 bits per heavy atom. The van der Waals surface area contributed by atoms with E-state index in [0.29, 0.717) is 4.34 Å². The molecule has 0 unspecified atom stereocenters. The van der Waals surface area contributed by atoms with Crippen LogP contribution in [0.15, 0.2) is 19.2 Å². The van der Waals surface area contributed by atoms with Gasteiger partial charge in [-0.15, -0.1) is 8.17 Å². The van der Waals surface area contributed by atoms with Crippen LogP contribution in [0.1, 0.15) is 0 Å². The number of hydrogen-bond acceptors (Lipinski definition) is 6. The highest BCUT2D eigenvalue weighted by atomic mass is 35.5. The van der Waals surface area contributed by atoms with Crippen molar-refractivity contribution in [1.29, 1.82) is 0 Å². The minimum Gasteiger partial charge on any atom is -0.275 e. The monoisotopic (exact) mass is 383 g/mol. The van der Waals surface area contributed by atoms with E-state index in [9.17, 15) is 19.2 Å². The predicted molar refractivity (Wildman–Crippen MR) is 76.6 cm³/mol. The Bertz CT molecular complexity index is 778. The van der Waals surface area contributed by atoms with Gasteiger partial charge in [-0.2, -0.15) is 0 Å². The maximum Gasteiger partial charge on any atom is 0.366 e. The molecule has 1 N–H and O–H groups in total. The van der Waals surface area contributed by atoms with E-state index in [1.807, 2.05) is 0 Å². The van der Waals surface area contributed by atoms with Crippen LogP contribution in [0.3, 0.4) is 0 Å². The first kappa shape index (κ1) is 16.5. The zero-order valence-electron chi connectivity index (χ0n) is 8.36. The molecule has 0 saturated heterocycles. The summed E-state index contributed by atoms with van der Waals surface area (Å²) < 4.78 is 0.561. The van der Waals surface area contributed by atoms with Crippen LogP contribution in [0, 0.1) is 0 Å². The molecule has 0 atom stereocenters. The summed E-state index contributed by atoms with van der Waals surface area (Å²) in [5, 5.41) is 0.154. The summed E-state index contributed by atoms with van der Waals surface area (Å²) in [7, 11) is 2.25. The molecule has 104 valence electrons. The summed E-state index contributed by atoms with van der Waals surface area (Å²) in [6.45, 7) is 0. The number of hydrogen-bond donors (Lipinski definition) is 1. The van der Waals surface area contributed by atoms with E-state index in [0.717, 1.165) is 10.3 Å². The van der Waals surface area contributed by atoms with Crippen LogP contribution >= 0.6 is 67.4 Å². The molecule has 7 nitrogen and oxygen atoms in total. The zero-order chi connectivity index (χ0) is 14.7. The van der Waals surface area contributed by atoms with Crippen LogP contribution in [0.5, 0.6) is 0 Å². The van der Waals surface area contributed by atoms with Crippen LogP contribution in [0.2, 0.25) is 9.36 Å². The van der Waals surface area contributed by atoms with E-state index in [1.54, 1.807) is 4.98 Å². The van der Waals surface area contributed by atoms with Gasteiger partial charge in [0.1, 0.15) is 9.36 Å². The van der Waals surface area contributed by atoms with Gasteiger partial charge < -0.3 is 0 Å². The normalized spacial score (nSPS) is 9.89. The van der Waals surface area contributed by atoms with Gasteiger partial charge in [-0.1, -0.05) is 33.5 Å². The van der Waals surface area contributed by atoms with E-state index >= 15 is 0 Å². The number of halogens is 4. The van der Waals surface area contributed by atoms with Crippen molar-refractivity contribution in [2.45, 2.75) is 0 Å². The van der Waals surface area contributed by atoms with Crippen molar-refractivity contribution in [3.63, 3.8) is 0 Å². The van der Waals surface area contributed by atoms with Crippen LogP contribution in [0.25, 0.3) is 0 Å². The second-order valence-electron chi connectivity index (χ2n) is 2.62. The summed E-state index contributed by atoms with van der Waals surface area (Å²) in [6, 6.07) is 0. The topological polar surface area (TPSA) is 93.9 Å². The van der Waals surface area contributed by atoms with Gasteiger partial charge in [-0.3, -0.25) is 9.78 Å². The second-order valence-corrected chi connectivity index (χ2v) is 6.39. The predicted octanol–water partition coefficient (Wildman–Crippen LogP) is 1.18.